The van der Waals surface area contributed by atoms with Crippen molar-refractivity contribution in [1.82, 2.24) is 20.6 Å². The molecular weight excluding hydrogens is 352 g/mol. The van der Waals surface area contributed by atoms with Gasteiger partial charge in [0.2, 0.25) is 11.9 Å². The Morgan fingerprint density at radius 1 is 1.07 bits per heavy atom. The molecule has 10 nitrogen and oxygen atoms in total. The van der Waals surface area contributed by atoms with Gasteiger partial charge >= 0.3 is 6.03 Å². The van der Waals surface area contributed by atoms with Crippen LogP contribution in [0.3, 0.4) is 0 Å². The fraction of sp³-hybridized carbons (Fsp3) is 0.235. The number of aliphatic hydroxyl groups excluding tert-OH is 1. The van der Waals surface area contributed by atoms with Crippen molar-refractivity contribution in [3.8, 4) is 0 Å². The topological polar surface area (TPSA) is 151 Å². The van der Waals surface area contributed by atoms with Crippen LogP contribution in [0.25, 0.3) is 0 Å². The number of carbonyl (C=O) groups is 3. The van der Waals surface area contributed by atoms with Gasteiger partial charge in [0.1, 0.15) is 6.61 Å². The monoisotopic (exact) mass is 372 g/mol. The normalized spacial score (nSPS) is 10.1. The summed E-state index contributed by atoms with van der Waals surface area (Å²) in [6.45, 7) is -0.307. The second-order valence-corrected chi connectivity index (χ2v) is 5.39. The largest absolute Gasteiger partial charge is 0.387 e. The maximum Gasteiger partial charge on any atom is 0.321 e. The van der Waals surface area contributed by atoms with Crippen molar-refractivity contribution in [2.75, 3.05) is 24.6 Å². The highest BCUT2D eigenvalue weighted by Gasteiger charge is 2.16. The molecule has 4 amide bonds. The van der Waals surface area contributed by atoms with Crippen LogP contribution in [-0.2, 0) is 11.3 Å². The third-order valence-electron chi connectivity index (χ3n) is 3.56. The van der Waals surface area contributed by atoms with E-state index in [0.717, 1.165) is 4.90 Å². The first-order valence-electron chi connectivity index (χ1n) is 8.10. The molecule has 0 aliphatic rings. The van der Waals surface area contributed by atoms with Crippen molar-refractivity contribution >= 4 is 23.8 Å². The van der Waals surface area contributed by atoms with Gasteiger partial charge in [-0.05, 0) is 17.7 Å². The average Bonchev–Trinajstić information content (AvgIpc) is 2.69. The number of hydrogen-bond donors (Lipinski definition) is 4. The standard InChI is InChI=1S/C17H20N6O4/c18-16(27)23(17-20-6-3-7-21-17)9-8-19-15(26)13-5-2-1-4-12(13)10-22-14(25)11-24/h1-7,24H,8-11H2,(H2,18,27)(H,19,26)(H,22,25). The molecule has 0 unspecified atom stereocenters. The minimum Gasteiger partial charge on any atom is -0.387 e. The number of anilines is 1. The molecule has 0 aliphatic heterocycles. The van der Waals surface area contributed by atoms with Crippen LogP contribution in [0.15, 0.2) is 42.7 Å². The highest BCUT2D eigenvalue weighted by molar-refractivity contribution is 5.96. The number of nitrogens with zero attached hydrogens (tertiary/aromatic N) is 3. The molecule has 0 bridgehead atoms. The van der Waals surface area contributed by atoms with Crippen LogP contribution in [0.2, 0.25) is 0 Å². The molecule has 10 heteroatoms. The number of amides is 4. The molecule has 0 aliphatic carbocycles. The van der Waals surface area contributed by atoms with Gasteiger partial charge in [-0.2, -0.15) is 0 Å². The van der Waals surface area contributed by atoms with E-state index in [2.05, 4.69) is 20.6 Å². The minimum absolute atomic E-state index is 0.0918. The number of carbonyl (C=O) groups excluding carboxylic acids is 3. The summed E-state index contributed by atoms with van der Waals surface area (Å²) in [5.74, 6) is -0.765. The van der Waals surface area contributed by atoms with Gasteiger partial charge in [-0.3, -0.25) is 14.5 Å². The zero-order valence-corrected chi connectivity index (χ0v) is 14.5. The van der Waals surface area contributed by atoms with E-state index < -0.39 is 18.5 Å². The quantitative estimate of drug-likeness (QED) is 0.486. The summed E-state index contributed by atoms with van der Waals surface area (Å²) in [7, 11) is 0. The Bertz CT molecular complexity index is 799. The number of hydrogen-bond acceptors (Lipinski definition) is 6. The number of aliphatic hydroxyl groups is 1. The fourth-order valence-corrected chi connectivity index (χ4v) is 2.26. The Balaban J connectivity index is 1.97. The van der Waals surface area contributed by atoms with Crippen LogP contribution >= 0.6 is 0 Å². The summed E-state index contributed by atoms with van der Waals surface area (Å²) in [5.41, 5.74) is 6.30. The lowest BCUT2D eigenvalue weighted by Gasteiger charge is -2.18. The van der Waals surface area contributed by atoms with Gasteiger partial charge in [-0.1, -0.05) is 18.2 Å². The van der Waals surface area contributed by atoms with Gasteiger partial charge in [-0.25, -0.2) is 14.8 Å². The van der Waals surface area contributed by atoms with Crippen molar-refractivity contribution in [3.63, 3.8) is 0 Å². The van der Waals surface area contributed by atoms with E-state index in [-0.39, 0.29) is 31.5 Å². The van der Waals surface area contributed by atoms with E-state index in [1.165, 1.54) is 12.4 Å². The van der Waals surface area contributed by atoms with Crippen LogP contribution in [0.5, 0.6) is 0 Å². The fourth-order valence-electron chi connectivity index (χ4n) is 2.26. The molecule has 1 aromatic carbocycles. The first-order valence-corrected chi connectivity index (χ1v) is 8.10. The van der Waals surface area contributed by atoms with Crippen molar-refractivity contribution in [3.05, 3.63) is 53.9 Å². The Kier molecular flexibility index (Phi) is 7.20. The van der Waals surface area contributed by atoms with E-state index in [0.29, 0.717) is 11.1 Å². The van der Waals surface area contributed by atoms with E-state index in [1.54, 1.807) is 30.3 Å². The van der Waals surface area contributed by atoms with Crippen LogP contribution in [0, 0.1) is 0 Å². The number of aromatic nitrogens is 2. The molecule has 0 atom stereocenters. The van der Waals surface area contributed by atoms with E-state index in [4.69, 9.17) is 10.8 Å². The maximum atomic E-state index is 12.4. The molecule has 0 radical (unpaired) electrons. The number of rotatable bonds is 8. The molecule has 27 heavy (non-hydrogen) atoms. The molecule has 0 saturated heterocycles. The Hall–Kier alpha value is -3.53. The SMILES string of the molecule is NC(=O)N(CCNC(=O)c1ccccc1CNC(=O)CO)c1ncccn1. The summed E-state index contributed by atoms with van der Waals surface area (Å²) < 4.78 is 0. The van der Waals surface area contributed by atoms with Crippen molar-refractivity contribution in [1.29, 1.82) is 0 Å². The minimum atomic E-state index is -0.734. The molecule has 2 rings (SSSR count). The number of urea groups is 1. The molecule has 2 aromatic rings. The van der Waals surface area contributed by atoms with Gasteiger partial charge in [0.15, 0.2) is 0 Å². The van der Waals surface area contributed by atoms with Crippen LogP contribution < -0.4 is 21.3 Å². The molecule has 0 fully saturated rings. The lowest BCUT2D eigenvalue weighted by Crippen LogP contribution is -2.42. The maximum absolute atomic E-state index is 12.4. The zero-order chi connectivity index (χ0) is 19.6. The number of nitrogens with two attached hydrogens (primary N) is 1. The summed E-state index contributed by atoms with van der Waals surface area (Å²) in [4.78, 5) is 44.3. The molecular formula is C17H20N6O4. The van der Waals surface area contributed by atoms with E-state index in [9.17, 15) is 14.4 Å². The molecule has 142 valence electrons. The number of benzene rings is 1. The third kappa shape index (κ3) is 5.75. The highest BCUT2D eigenvalue weighted by atomic mass is 16.3. The summed E-state index contributed by atoms with van der Waals surface area (Å²) >= 11 is 0. The van der Waals surface area contributed by atoms with Crippen molar-refractivity contribution in [2.45, 2.75) is 6.54 Å². The lowest BCUT2D eigenvalue weighted by atomic mass is 10.1. The van der Waals surface area contributed by atoms with Gasteiger partial charge in [0.05, 0.1) is 0 Å². The molecule has 0 spiro atoms. The molecule has 1 aromatic heterocycles. The van der Waals surface area contributed by atoms with Gasteiger partial charge in [-0.15, -0.1) is 0 Å². The Morgan fingerprint density at radius 3 is 2.44 bits per heavy atom. The van der Waals surface area contributed by atoms with Crippen LogP contribution in [0.1, 0.15) is 15.9 Å². The van der Waals surface area contributed by atoms with Gasteiger partial charge < -0.3 is 21.5 Å². The second-order valence-electron chi connectivity index (χ2n) is 5.39. The molecule has 0 saturated carbocycles. The Labute approximate surface area is 155 Å². The summed E-state index contributed by atoms with van der Waals surface area (Å²) in [6.07, 6.45) is 2.96. The Morgan fingerprint density at radius 2 is 1.78 bits per heavy atom. The first-order chi connectivity index (χ1) is 13.0. The zero-order valence-electron chi connectivity index (χ0n) is 14.5. The summed E-state index contributed by atoms with van der Waals surface area (Å²) in [6, 6.07) is 7.61. The average molecular weight is 372 g/mol. The van der Waals surface area contributed by atoms with Crippen LogP contribution in [-0.4, -0.2) is 52.6 Å². The summed E-state index contributed by atoms with van der Waals surface area (Å²) in [5, 5.41) is 13.9. The van der Waals surface area contributed by atoms with E-state index >= 15 is 0 Å². The number of nitrogens with one attached hydrogen (secondary N) is 2. The van der Waals surface area contributed by atoms with Crippen LogP contribution in [0.4, 0.5) is 10.7 Å². The van der Waals surface area contributed by atoms with Crippen molar-refractivity contribution in [2.24, 2.45) is 5.73 Å². The van der Waals surface area contributed by atoms with Gasteiger partial charge in [0.25, 0.3) is 5.91 Å². The highest BCUT2D eigenvalue weighted by Crippen LogP contribution is 2.09. The predicted octanol–water partition coefficient (Wildman–Crippen LogP) is -0.600. The van der Waals surface area contributed by atoms with E-state index in [1.807, 2.05) is 0 Å². The lowest BCUT2D eigenvalue weighted by molar-refractivity contribution is -0.123. The van der Waals surface area contributed by atoms with Gasteiger partial charge in [0, 0.05) is 37.6 Å². The molecule has 5 N–H and O–H groups in total. The second kappa shape index (κ2) is 9.82. The first kappa shape index (κ1) is 19.8. The predicted molar refractivity (Wildman–Crippen MR) is 96.7 cm³/mol. The number of primary amides is 1. The van der Waals surface area contributed by atoms with Crippen molar-refractivity contribution < 1.29 is 19.5 Å². The third-order valence-corrected chi connectivity index (χ3v) is 3.56. The smallest absolute Gasteiger partial charge is 0.321 e. The molecule has 1 heterocycles.